The Kier molecular flexibility index (Phi) is 6.72. The van der Waals surface area contributed by atoms with Crippen LogP contribution in [0.15, 0.2) is 34.9 Å². The molecule has 0 radical (unpaired) electrons. The fourth-order valence-corrected chi connectivity index (χ4v) is 1.65. The molecule has 8 heteroatoms. The number of oxazole rings is 1. The molecule has 1 N–H and O–H groups in total. The van der Waals surface area contributed by atoms with Gasteiger partial charge in [0.1, 0.15) is 18.0 Å². The summed E-state index contributed by atoms with van der Waals surface area (Å²) < 4.78 is 9.77. The van der Waals surface area contributed by atoms with Crippen molar-refractivity contribution in [2.24, 2.45) is 0 Å². The number of nitro benzene ring substituents is 1. The molecule has 2 aromatic rings. The second-order valence-electron chi connectivity index (χ2n) is 4.23. The molecule has 2 rings (SSSR count). The van der Waals surface area contributed by atoms with E-state index in [2.05, 4.69) is 15.0 Å². The lowest BCUT2D eigenvalue weighted by Gasteiger charge is -2.08. The molecule has 0 saturated carbocycles. The number of non-ortho nitro benzene ring substituents is 1. The normalized spacial score (nSPS) is 11.0. The molecule has 0 aliphatic carbocycles. The molecule has 0 fully saturated rings. The summed E-state index contributed by atoms with van der Waals surface area (Å²) in [5.74, 6) is -0.440. The molecule has 0 amide bonds. The highest BCUT2D eigenvalue weighted by Crippen LogP contribution is 2.23. The summed E-state index contributed by atoms with van der Waals surface area (Å²) in [6.07, 6.45) is 1.40. The summed E-state index contributed by atoms with van der Waals surface area (Å²) in [4.78, 5) is 25.5. The van der Waals surface area contributed by atoms with Gasteiger partial charge in [0, 0.05) is 17.7 Å². The first kappa shape index (κ1) is 18.1. The number of aromatic nitrogens is 1. The molecule has 0 bridgehead atoms. The van der Waals surface area contributed by atoms with Gasteiger partial charge in [-0.2, -0.15) is 4.98 Å². The lowest BCUT2D eigenvalue weighted by atomic mass is 10.1. The van der Waals surface area contributed by atoms with Crippen LogP contribution in [-0.2, 0) is 9.53 Å². The smallest absolute Gasteiger partial charge is 0.328 e. The van der Waals surface area contributed by atoms with Crippen molar-refractivity contribution in [1.82, 2.24) is 4.98 Å². The Balaban J connectivity index is 0.00000127. The highest BCUT2D eigenvalue weighted by Gasteiger charge is 2.16. The van der Waals surface area contributed by atoms with Gasteiger partial charge < -0.3 is 14.5 Å². The maximum absolute atomic E-state index is 11.3. The molecule has 124 valence electrons. The zero-order valence-electron chi connectivity index (χ0n) is 13.4. The van der Waals surface area contributed by atoms with Gasteiger partial charge in [-0.1, -0.05) is 13.8 Å². The van der Waals surface area contributed by atoms with Crippen molar-refractivity contribution in [3.05, 3.63) is 40.6 Å². The Morgan fingerprint density at radius 2 is 1.96 bits per heavy atom. The van der Waals surface area contributed by atoms with Gasteiger partial charge in [0.2, 0.25) is 0 Å². The quantitative estimate of drug-likeness (QED) is 0.511. The van der Waals surface area contributed by atoms with Crippen LogP contribution in [0.1, 0.15) is 20.8 Å². The number of anilines is 1. The summed E-state index contributed by atoms with van der Waals surface area (Å²) in [7, 11) is 1.29. The molecule has 0 aliphatic rings. The van der Waals surface area contributed by atoms with Crippen LogP contribution in [0.5, 0.6) is 0 Å². The highest BCUT2D eigenvalue weighted by molar-refractivity contribution is 5.78. The van der Waals surface area contributed by atoms with Crippen LogP contribution in [-0.4, -0.2) is 29.0 Å². The SMILES string of the molecule is CC.COC(=O)[C@@H](C)Nc1nc(-c2ccc([N+](=O)[O-])cc2)co1. The molecule has 23 heavy (non-hydrogen) atoms. The predicted molar refractivity (Wildman–Crippen MR) is 85.0 cm³/mol. The minimum absolute atomic E-state index is 0.0000863. The van der Waals surface area contributed by atoms with Crippen LogP contribution < -0.4 is 5.32 Å². The fraction of sp³-hybridized carbons (Fsp3) is 0.333. The number of esters is 1. The lowest BCUT2D eigenvalue weighted by molar-refractivity contribution is -0.384. The first-order chi connectivity index (χ1) is 11.0. The van der Waals surface area contributed by atoms with Crippen molar-refractivity contribution < 1.29 is 18.9 Å². The van der Waals surface area contributed by atoms with E-state index in [4.69, 9.17) is 4.42 Å². The van der Waals surface area contributed by atoms with E-state index in [1.807, 2.05) is 13.8 Å². The Labute approximate surface area is 133 Å². The summed E-state index contributed by atoms with van der Waals surface area (Å²) >= 11 is 0. The topological polar surface area (TPSA) is 108 Å². The van der Waals surface area contributed by atoms with Gasteiger partial charge in [0.05, 0.1) is 12.0 Å². The third-order valence-corrected chi connectivity index (χ3v) is 2.77. The van der Waals surface area contributed by atoms with Crippen LogP contribution in [0.4, 0.5) is 11.7 Å². The Hall–Kier alpha value is -2.90. The van der Waals surface area contributed by atoms with E-state index in [0.717, 1.165) is 0 Å². The third kappa shape index (κ3) is 4.80. The maximum Gasteiger partial charge on any atom is 0.328 e. The predicted octanol–water partition coefficient (Wildman–Crippen LogP) is 3.25. The van der Waals surface area contributed by atoms with Gasteiger partial charge >= 0.3 is 5.97 Å². The fourth-order valence-electron chi connectivity index (χ4n) is 1.65. The zero-order chi connectivity index (χ0) is 17.4. The third-order valence-electron chi connectivity index (χ3n) is 2.77. The second-order valence-corrected chi connectivity index (χ2v) is 4.23. The molecule has 0 saturated heterocycles. The van der Waals surface area contributed by atoms with E-state index < -0.39 is 16.9 Å². The Morgan fingerprint density at radius 3 is 2.48 bits per heavy atom. The number of rotatable bonds is 5. The molecule has 1 heterocycles. The van der Waals surface area contributed by atoms with Gasteiger partial charge in [-0.25, -0.2) is 4.79 Å². The monoisotopic (exact) mass is 321 g/mol. The van der Waals surface area contributed by atoms with Gasteiger partial charge in [-0.05, 0) is 19.1 Å². The zero-order valence-corrected chi connectivity index (χ0v) is 13.4. The number of methoxy groups -OCH3 is 1. The first-order valence-electron chi connectivity index (χ1n) is 7.06. The number of hydrogen-bond donors (Lipinski definition) is 1. The summed E-state index contributed by atoms with van der Waals surface area (Å²) in [5, 5.41) is 13.3. The van der Waals surface area contributed by atoms with Crippen molar-refractivity contribution in [3.8, 4) is 11.3 Å². The van der Waals surface area contributed by atoms with E-state index in [-0.39, 0.29) is 11.7 Å². The molecular weight excluding hydrogens is 302 g/mol. The van der Waals surface area contributed by atoms with Crippen molar-refractivity contribution in [1.29, 1.82) is 0 Å². The maximum atomic E-state index is 11.3. The number of ether oxygens (including phenoxy) is 1. The van der Waals surface area contributed by atoms with Crippen LogP contribution in [0, 0.1) is 10.1 Å². The number of nitrogens with zero attached hydrogens (tertiary/aromatic N) is 2. The number of nitro groups is 1. The molecule has 0 unspecified atom stereocenters. The molecular formula is C15H19N3O5. The van der Waals surface area contributed by atoms with Crippen LogP contribution in [0.3, 0.4) is 0 Å². The van der Waals surface area contributed by atoms with Crippen LogP contribution in [0.25, 0.3) is 11.3 Å². The number of hydrogen-bond acceptors (Lipinski definition) is 7. The molecule has 1 aromatic carbocycles. The molecule has 0 spiro atoms. The molecule has 1 atom stereocenters. The average Bonchev–Trinajstić information content (AvgIpc) is 3.04. The van der Waals surface area contributed by atoms with E-state index in [0.29, 0.717) is 11.3 Å². The molecule has 1 aromatic heterocycles. The van der Waals surface area contributed by atoms with Crippen molar-refractivity contribution in [2.45, 2.75) is 26.8 Å². The minimum Gasteiger partial charge on any atom is -0.467 e. The van der Waals surface area contributed by atoms with E-state index >= 15 is 0 Å². The number of benzene rings is 1. The summed E-state index contributed by atoms with van der Waals surface area (Å²) in [6, 6.07) is 5.48. The van der Waals surface area contributed by atoms with Crippen molar-refractivity contribution in [2.75, 3.05) is 12.4 Å². The van der Waals surface area contributed by atoms with Gasteiger partial charge in [0.15, 0.2) is 0 Å². The van der Waals surface area contributed by atoms with Gasteiger partial charge in [-0.3, -0.25) is 10.1 Å². The second kappa shape index (κ2) is 8.52. The molecule has 0 aliphatic heterocycles. The number of carbonyl (C=O) groups excluding carboxylic acids is 1. The van der Waals surface area contributed by atoms with Gasteiger partial charge in [0.25, 0.3) is 11.7 Å². The lowest BCUT2D eigenvalue weighted by Crippen LogP contribution is -2.27. The van der Waals surface area contributed by atoms with Crippen molar-refractivity contribution >= 4 is 17.7 Å². The summed E-state index contributed by atoms with van der Waals surface area (Å²) in [6.45, 7) is 5.61. The van der Waals surface area contributed by atoms with Gasteiger partial charge in [-0.15, -0.1) is 0 Å². The van der Waals surface area contributed by atoms with E-state index in [1.54, 1.807) is 19.1 Å². The summed E-state index contributed by atoms with van der Waals surface area (Å²) in [5.41, 5.74) is 1.17. The minimum atomic E-state index is -0.599. The Bertz CT molecular complexity index is 651. The van der Waals surface area contributed by atoms with E-state index in [9.17, 15) is 14.9 Å². The van der Waals surface area contributed by atoms with Crippen molar-refractivity contribution in [3.63, 3.8) is 0 Å². The average molecular weight is 321 g/mol. The molecule has 8 nitrogen and oxygen atoms in total. The standard InChI is InChI=1S/C13H13N3O5.C2H6/c1-8(12(17)20-2)14-13-15-11(7-21-13)9-3-5-10(6-4-9)16(18)19;1-2/h3-8H,1-2H3,(H,14,15);1-2H3/t8-;/m1./s1. The number of nitrogens with one attached hydrogen (secondary N) is 1. The van der Waals surface area contributed by atoms with E-state index in [1.165, 1.54) is 25.5 Å². The van der Waals surface area contributed by atoms with Crippen LogP contribution in [0.2, 0.25) is 0 Å². The largest absolute Gasteiger partial charge is 0.467 e. The highest BCUT2D eigenvalue weighted by atomic mass is 16.6. The van der Waals surface area contributed by atoms with Crippen LogP contribution >= 0.6 is 0 Å². The Morgan fingerprint density at radius 1 is 1.35 bits per heavy atom. The number of carbonyl (C=O) groups is 1. The first-order valence-corrected chi connectivity index (χ1v) is 7.06.